The van der Waals surface area contributed by atoms with E-state index in [0.717, 1.165) is 18.2 Å². The van der Waals surface area contributed by atoms with E-state index >= 15 is 0 Å². The van der Waals surface area contributed by atoms with Gasteiger partial charge in [0.05, 0.1) is 0 Å². The molecule has 1 aromatic carbocycles. The highest BCUT2D eigenvalue weighted by Crippen LogP contribution is 2.26. The molecule has 0 aliphatic carbocycles. The molecule has 0 aromatic heterocycles. The zero-order valence-corrected chi connectivity index (χ0v) is 14.7. The molecular weight excluding hydrogens is 364 g/mol. The van der Waals surface area contributed by atoms with Crippen LogP contribution in [0.25, 0.3) is 0 Å². The van der Waals surface area contributed by atoms with Crippen LogP contribution in [0, 0.1) is 17.6 Å². The summed E-state index contributed by atoms with van der Waals surface area (Å²) in [4.78, 5) is 14.1. The number of nitrogens with zero attached hydrogens (tertiary/aromatic N) is 3. The summed E-state index contributed by atoms with van der Waals surface area (Å²) < 4.78 is 52.9. The van der Waals surface area contributed by atoms with E-state index in [2.05, 4.69) is 5.10 Å². The van der Waals surface area contributed by atoms with E-state index in [4.69, 9.17) is 5.73 Å². The van der Waals surface area contributed by atoms with Gasteiger partial charge in [-0.2, -0.15) is 13.9 Å². The monoisotopic (exact) mass is 386 g/mol. The summed E-state index contributed by atoms with van der Waals surface area (Å²) in [5.74, 6) is -1.33. The van der Waals surface area contributed by atoms with Gasteiger partial charge >= 0.3 is 6.55 Å². The minimum absolute atomic E-state index is 0.0442. The summed E-state index contributed by atoms with van der Waals surface area (Å²) in [6.45, 7) is -2.02. The van der Waals surface area contributed by atoms with Gasteiger partial charge in [-0.25, -0.2) is 13.8 Å². The van der Waals surface area contributed by atoms with E-state index in [-0.39, 0.29) is 36.3 Å². The third-order valence-electron chi connectivity index (χ3n) is 5.27. The third kappa shape index (κ3) is 4.40. The minimum atomic E-state index is -2.81. The molecule has 5 nitrogen and oxygen atoms in total. The van der Waals surface area contributed by atoms with Crippen LogP contribution >= 0.6 is 0 Å². The fraction of sp³-hybridized carbons (Fsp3) is 0.556. The molecular formula is C18H22F4N4O. The van der Waals surface area contributed by atoms with Crippen LogP contribution < -0.4 is 5.73 Å². The molecule has 2 unspecified atom stereocenters. The fourth-order valence-corrected chi connectivity index (χ4v) is 3.71. The van der Waals surface area contributed by atoms with Gasteiger partial charge in [0.2, 0.25) is 5.91 Å². The lowest BCUT2D eigenvalue weighted by Gasteiger charge is -2.37. The van der Waals surface area contributed by atoms with Gasteiger partial charge < -0.3 is 10.6 Å². The lowest BCUT2D eigenvalue weighted by atomic mass is 9.86. The number of amides is 1. The SMILES string of the molecule is NC(Cc1cc(F)ccc1F)C1CCN(C(=O)C2CC=NN2C(F)F)CC1. The van der Waals surface area contributed by atoms with Crippen LogP contribution in [-0.4, -0.2) is 53.8 Å². The second-order valence-corrected chi connectivity index (χ2v) is 6.97. The number of carbonyl (C=O) groups is 1. The quantitative estimate of drug-likeness (QED) is 0.624. The summed E-state index contributed by atoms with van der Waals surface area (Å²) in [5.41, 5.74) is 6.42. The molecule has 9 heteroatoms. The van der Waals surface area contributed by atoms with E-state index in [0.29, 0.717) is 30.9 Å². The van der Waals surface area contributed by atoms with Crippen LogP contribution in [-0.2, 0) is 11.2 Å². The topological polar surface area (TPSA) is 61.9 Å². The first-order valence-electron chi connectivity index (χ1n) is 8.94. The Morgan fingerprint density at radius 2 is 1.96 bits per heavy atom. The Morgan fingerprint density at radius 1 is 1.26 bits per heavy atom. The maximum atomic E-state index is 13.8. The van der Waals surface area contributed by atoms with Crippen molar-refractivity contribution in [3.05, 3.63) is 35.4 Å². The van der Waals surface area contributed by atoms with E-state index in [9.17, 15) is 22.4 Å². The maximum Gasteiger partial charge on any atom is 0.330 e. The molecule has 2 aliphatic heterocycles. The van der Waals surface area contributed by atoms with E-state index in [1.807, 2.05) is 0 Å². The van der Waals surface area contributed by atoms with E-state index in [1.165, 1.54) is 6.21 Å². The molecule has 2 aliphatic rings. The summed E-state index contributed by atoms with van der Waals surface area (Å²) in [7, 11) is 0. The van der Waals surface area contributed by atoms with Gasteiger partial charge in [-0.05, 0) is 48.9 Å². The molecule has 1 amide bonds. The van der Waals surface area contributed by atoms with Crippen molar-refractivity contribution in [1.29, 1.82) is 0 Å². The molecule has 1 saturated heterocycles. The molecule has 0 spiro atoms. The predicted molar refractivity (Wildman–Crippen MR) is 92.1 cm³/mol. The van der Waals surface area contributed by atoms with Crippen LogP contribution in [0.1, 0.15) is 24.8 Å². The Morgan fingerprint density at radius 3 is 2.63 bits per heavy atom. The highest BCUT2D eigenvalue weighted by atomic mass is 19.3. The number of hydrogen-bond acceptors (Lipinski definition) is 4. The van der Waals surface area contributed by atoms with Crippen molar-refractivity contribution in [1.82, 2.24) is 9.91 Å². The molecule has 2 atom stereocenters. The molecule has 1 fully saturated rings. The average Bonchev–Trinajstić information content (AvgIpc) is 3.14. The molecule has 0 bridgehead atoms. The number of alkyl halides is 2. The van der Waals surface area contributed by atoms with Crippen LogP contribution in [0.2, 0.25) is 0 Å². The maximum absolute atomic E-state index is 13.8. The first-order valence-corrected chi connectivity index (χ1v) is 8.94. The lowest BCUT2D eigenvalue weighted by Crippen LogP contribution is -2.50. The molecule has 2 heterocycles. The second-order valence-electron chi connectivity index (χ2n) is 6.97. The molecule has 2 N–H and O–H groups in total. The summed E-state index contributed by atoms with van der Waals surface area (Å²) >= 11 is 0. The average molecular weight is 386 g/mol. The smallest absolute Gasteiger partial charge is 0.330 e. The van der Waals surface area contributed by atoms with Gasteiger partial charge in [0.25, 0.3) is 0 Å². The molecule has 0 saturated carbocycles. The third-order valence-corrected chi connectivity index (χ3v) is 5.27. The van der Waals surface area contributed by atoms with Crippen LogP contribution in [0.5, 0.6) is 0 Å². The van der Waals surface area contributed by atoms with Crippen molar-refractivity contribution >= 4 is 12.1 Å². The summed E-state index contributed by atoms with van der Waals surface area (Å²) in [6.07, 6.45) is 2.88. The summed E-state index contributed by atoms with van der Waals surface area (Å²) in [5, 5.41) is 4.10. The molecule has 1 aromatic rings. The van der Waals surface area contributed by atoms with Gasteiger partial charge in [-0.15, -0.1) is 0 Å². The van der Waals surface area contributed by atoms with Crippen molar-refractivity contribution in [2.24, 2.45) is 16.8 Å². The first kappa shape index (κ1) is 19.6. The molecule has 3 rings (SSSR count). The van der Waals surface area contributed by atoms with Crippen molar-refractivity contribution in [3.8, 4) is 0 Å². The number of hydrogen-bond donors (Lipinski definition) is 1. The van der Waals surface area contributed by atoms with Gasteiger partial charge in [-0.3, -0.25) is 4.79 Å². The zero-order valence-electron chi connectivity index (χ0n) is 14.7. The lowest BCUT2D eigenvalue weighted by molar-refractivity contribution is -0.144. The first-order chi connectivity index (χ1) is 12.9. The summed E-state index contributed by atoms with van der Waals surface area (Å²) in [6, 6.07) is 1.95. The number of nitrogens with two attached hydrogens (primary N) is 1. The molecule has 148 valence electrons. The number of carbonyl (C=O) groups excluding carboxylic acids is 1. The highest BCUT2D eigenvalue weighted by Gasteiger charge is 2.37. The Hall–Kier alpha value is -2.16. The minimum Gasteiger partial charge on any atom is -0.341 e. The normalized spacial score (nSPS) is 21.9. The number of rotatable bonds is 5. The standard InChI is InChI=1S/C18H22F4N4O/c19-13-1-2-14(20)12(9-13)10-15(23)11-4-7-25(8-5-11)17(27)16-3-6-24-26(16)18(21)22/h1-2,6,9,11,15-16,18H,3-5,7-8,10,23H2. The van der Waals surface area contributed by atoms with E-state index in [1.54, 1.807) is 4.90 Å². The van der Waals surface area contributed by atoms with Gasteiger partial charge in [0.15, 0.2) is 0 Å². The molecule has 0 radical (unpaired) electrons. The van der Waals surface area contributed by atoms with Crippen molar-refractivity contribution in [2.45, 2.75) is 44.3 Å². The largest absolute Gasteiger partial charge is 0.341 e. The Labute approximate surface area is 154 Å². The van der Waals surface area contributed by atoms with Crippen LogP contribution in [0.3, 0.4) is 0 Å². The van der Waals surface area contributed by atoms with E-state index < -0.39 is 24.2 Å². The zero-order chi connectivity index (χ0) is 19.6. The van der Waals surface area contributed by atoms with Crippen molar-refractivity contribution in [3.63, 3.8) is 0 Å². The second kappa shape index (κ2) is 8.24. The van der Waals surface area contributed by atoms with Gasteiger partial charge in [-0.1, -0.05) is 0 Å². The van der Waals surface area contributed by atoms with Crippen molar-refractivity contribution < 1.29 is 22.4 Å². The number of benzene rings is 1. The van der Waals surface area contributed by atoms with Crippen LogP contribution in [0.15, 0.2) is 23.3 Å². The van der Waals surface area contributed by atoms with Crippen molar-refractivity contribution in [2.75, 3.05) is 13.1 Å². The van der Waals surface area contributed by atoms with Crippen LogP contribution in [0.4, 0.5) is 17.6 Å². The number of piperidine rings is 1. The number of likely N-dealkylation sites (tertiary alicyclic amines) is 1. The fourth-order valence-electron chi connectivity index (χ4n) is 3.71. The highest BCUT2D eigenvalue weighted by molar-refractivity contribution is 5.86. The van der Waals surface area contributed by atoms with Gasteiger partial charge in [0, 0.05) is 31.8 Å². The van der Waals surface area contributed by atoms with Gasteiger partial charge in [0.1, 0.15) is 17.7 Å². The Bertz CT molecular complexity index is 707. The predicted octanol–water partition coefficient (Wildman–Crippen LogP) is 2.36. The molecule has 27 heavy (non-hydrogen) atoms. The Balaban J connectivity index is 1.54. The number of halogens is 4. The Kier molecular flexibility index (Phi) is 5.98. The number of hydrazone groups is 1.